The van der Waals surface area contributed by atoms with Gasteiger partial charge in [0.2, 0.25) is 0 Å². The summed E-state index contributed by atoms with van der Waals surface area (Å²) in [4.78, 5) is 15.0. The van der Waals surface area contributed by atoms with Crippen molar-refractivity contribution in [3.63, 3.8) is 0 Å². The van der Waals surface area contributed by atoms with Crippen LogP contribution >= 0.6 is 12.2 Å². The first-order chi connectivity index (χ1) is 14.5. The van der Waals surface area contributed by atoms with Gasteiger partial charge in [-0.05, 0) is 49.8 Å². The number of ether oxygens (including phenoxy) is 3. The van der Waals surface area contributed by atoms with Crippen LogP contribution in [0, 0.1) is 6.92 Å². The third kappa shape index (κ3) is 4.47. The second-order valence-corrected chi connectivity index (χ2v) is 7.31. The SMILES string of the molecule is COCCOC(=O)C1=C(C)N(c2cccc(C)c2)C(=S)NC1c1ccccc1OC. The number of hydrogen-bond acceptors (Lipinski definition) is 5. The lowest BCUT2D eigenvalue weighted by atomic mass is 9.94. The molecule has 0 bridgehead atoms. The molecule has 6 nitrogen and oxygen atoms in total. The number of anilines is 1. The summed E-state index contributed by atoms with van der Waals surface area (Å²) in [5, 5.41) is 3.82. The Balaban J connectivity index is 2.11. The smallest absolute Gasteiger partial charge is 0.338 e. The van der Waals surface area contributed by atoms with Crippen LogP contribution in [0.4, 0.5) is 5.69 Å². The van der Waals surface area contributed by atoms with E-state index in [0.717, 1.165) is 16.8 Å². The van der Waals surface area contributed by atoms with Gasteiger partial charge < -0.3 is 19.5 Å². The maximum Gasteiger partial charge on any atom is 0.338 e. The van der Waals surface area contributed by atoms with Crippen LogP contribution in [0.1, 0.15) is 24.1 Å². The zero-order valence-corrected chi connectivity index (χ0v) is 18.4. The minimum Gasteiger partial charge on any atom is -0.496 e. The average Bonchev–Trinajstić information content (AvgIpc) is 2.73. The van der Waals surface area contributed by atoms with E-state index in [1.54, 1.807) is 14.2 Å². The van der Waals surface area contributed by atoms with Crippen LogP contribution in [0.3, 0.4) is 0 Å². The van der Waals surface area contributed by atoms with Gasteiger partial charge in [-0.1, -0.05) is 30.3 Å². The molecule has 1 aliphatic heterocycles. The molecule has 0 spiro atoms. The van der Waals surface area contributed by atoms with Crippen molar-refractivity contribution in [1.29, 1.82) is 0 Å². The van der Waals surface area contributed by atoms with Crippen LogP contribution in [-0.4, -0.2) is 38.5 Å². The van der Waals surface area contributed by atoms with Gasteiger partial charge in [-0.15, -0.1) is 0 Å². The Morgan fingerprint density at radius 2 is 1.87 bits per heavy atom. The first-order valence-corrected chi connectivity index (χ1v) is 10.1. The normalized spacial score (nSPS) is 16.3. The fraction of sp³-hybridized carbons (Fsp3) is 0.304. The number of nitrogens with zero attached hydrogens (tertiary/aromatic N) is 1. The number of methoxy groups -OCH3 is 2. The fourth-order valence-corrected chi connectivity index (χ4v) is 3.88. The van der Waals surface area contributed by atoms with Crippen LogP contribution in [0.2, 0.25) is 0 Å². The van der Waals surface area contributed by atoms with Gasteiger partial charge in [0.1, 0.15) is 12.4 Å². The number of aryl methyl sites for hydroxylation is 1. The third-order valence-corrected chi connectivity index (χ3v) is 5.24. The Labute approximate surface area is 182 Å². The van der Waals surface area contributed by atoms with Crippen molar-refractivity contribution in [2.24, 2.45) is 0 Å². The van der Waals surface area contributed by atoms with E-state index < -0.39 is 12.0 Å². The topological polar surface area (TPSA) is 60.0 Å². The maximum atomic E-state index is 13.1. The number of allylic oxidation sites excluding steroid dienone is 1. The second kappa shape index (κ2) is 9.73. The standard InChI is InChI=1S/C23H26N2O4S/c1-15-8-7-9-17(14-15)25-16(2)20(22(26)29-13-12-27-3)21(24-23(25)30)18-10-5-6-11-19(18)28-4/h5-11,14,21H,12-13H2,1-4H3,(H,24,30). The Hall–Kier alpha value is -2.90. The highest BCUT2D eigenvalue weighted by atomic mass is 32.1. The number of esters is 1. The molecule has 1 heterocycles. The number of rotatable bonds is 7. The molecule has 7 heteroatoms. The van der Waals surface area contributed by atoms with Gasteiger partial charge in [0.05, 0.1) is 25.3 Å². The molecule has 1 atom stereocenters. The Morgan fingerprint density at radius 1 is 1.10 bits per heavy atom. The molecular weight excluding hydrogens is 400 g/mol. The molecule has 3 rings (SSSR count). The lowest BCUT2D eigenvalue weighted by Crippen LogP contribution is -2.48. The number of para-hydroxylation sites is 1. The van der Waals surface area contributed by atoms with E-state index in [9.17, 15) is 4.79 Å². The summed E-state index contributed by atoms with van der Waals surface area (Å²) in [6.45, 7) is 4.38. The molecule has 1 aliphatic rings. The van der Waals surface area contributed by atoms with Crippen molar-refractivity contribution in [2.45, 2.75) is 19.9 Å². The summed E-state index contributed by atoms with van der Waals surface area (Å²) >= 11 is 5.70. The van der Waals surface area contributed by atoms with E-state index in [-0.39, 0.29) is 6.61 Å². The molecule has 2 aromatic rings. The average molecular weight is 427 g/mol. The molecule has 158 valence electrons. The van der Waals surface area contributed by atoms with Gasteiger partial charge in [-0.2, -0.15) is 0 Å². The second-order valence-electron chi connectivity index (χ2n) is 6.93. The van der Waals surface area contributed by atoms with E-state index in [2.05, 4.69) is 5.32 Å². The first-order valence-electron chi connectivity index (χ1n) is 9.65. The highest BCUT2D eigenvalue weighted by Gasteiger charge is 2.36. The van der Waals surface area contributed by atoms with Crippen LogP contribution in [0.15, 0.2) is 59.8 Å². The molecule has 30 heavy (non-hydrogen) atoms. The molecule has 2 aromatic carbocycles. The van der Waals surface area contributed by atoms with Crippen molar-refractivity contribution in [2.75, 3.05) is 32.3 Å². The lowest BCUT2D eigenvalue weighted by Gasteiger charge is -2.38. The summed E-state index contributed by atoms with van der Waals surface area (Å²) < 4.78 is 16.0. The summed E-state index contributed by atoms with van der Waals surface area (Å²) in [6, 6.07) is 15.0. The minimum atomic E-state index is -0.496. The molecule has 0 radical (unpaired) electrons. The Bertz CT molecular complexity index is 973. The number of benzene rings is 2. The summed E-state index contributed by atoms with van der Waals surface area (Å²) in [7, 11) is 3.17. The quantitative estimate of drug-likeness (QED) is 0.409. The minimum absolute atomic E-state index is 0.166. The zero-order valence-electron chi connectivity index (χ0n) is 17.6. The molecule has 0 saturated carbocycles. The zero-order chi connectivity index (χ0) is 21.7. The maximum absolute atomic E-state index is 13.1. The molecule has 0 aromatic heterocycles. The van der Waals surface area contributed by atoms with Crippen molar-refractivity contribution >= 4 is 29.0 Å². The van der Waals surface area contributed by atoms with Gasteiger partial charge >= 0.3 is 5.97 Å². The first kappa shape index (κ1) is 21.8. The van der Waals surface area contributed by atoms with Crippen molar-refractivity contribution in [1.82, 2.24) is 5.32 Å². The molecular formula is C23H26N2O4S. The van der Waals surface area contributed by atoms with Crippen molar-refractivity contribution in [3.05, 3.63) is 70.9 Å². The lowest BCUT2D eigenvalue weighted by molar-refractivity contribution is -0.140. The van der Waals surface area contributed by atoms with E-state index in [1.165, 1.54) is 0 Å². The van der Waals surface area contributed by atoms with E-state index in [1.807, 2.05) is 67.3 Å². The largest absolute Gasteiger partial charge is 0.496 e. The number of carbonyl (C=O) groups excluding carboxylic acids is 1. The van der Waals surface area contributed by atoms with E-state index in [4.69, 9.17) is 26.4 Å². The molecule has 0 saturated heterocycles. The highest BCUT2D eigenvalue weighted by Crippen LogP contribution is 2.37. The molecule has 1 unspecified atom stereocenters. The number of thiocarbonyl (C=S) groups is 1. The Morgan fingerprint density at radius 3 is 2.57 bits per heavy atom. The third-order valence-electron chi connectivity index (χ3n) is 4.94. The molecule has 0 amide bonds. The monoisotopic (exact) mass is 426 g/mol. The van der Waals surface area contributed by atoms with Gasteiger partial charge in [0.25, 0.3) is 0 Å². The van der Waals surface area contributed by atoms with Crippen LogP contribution in [0.25, 0.3) is 0 Å². The van der Waals surface area contributed by atoms with E-state index in [0.29, 0.717) is 28.7 Å². The van der Waals surface area contributed by atoms with Gasteiger partial charge in [0, 0.05) is 24.1 Å². The number of nitrogens with one attached hydrogen (secondary N) is 1. The van der Waals surface area contributed by atoms with Gasteiger partial charge in [-0.25, -0.2) is 4.79 Å². The van der Waals surface area contributed by atoms with Crippen molar-refractivity contribution < 1.29 is 19.0 Å². The highest BCUT2D eigenvalue weighted by molar-refractivity contribution is 7.80. The van der Waals surface area contributed by atoms with Gasteiger partial charge in [-0.3, -0.25) is 4.90 Å². The number of hydrogen-bond donors (Lipinski definition) is 1. The van der Waals surface area contributed by atoms with E-state index >= 15 is 0 Å². The van der Waals surface area contributed by atoms with Crippen LogP contribution in [0.5, 0.6) is 5.75 Å². The van der Waals surface area contributed by atoms with Crippen LogP contribution in [-0.2, 0) is 14.3 Å². The summed E-state index contributed by atoms with van der Waals surface area (Å²) in [5.41, 5.74) is 3.97. The predicted molar refractivity (Wildman–Crippen MR) is 121 cm³/mol. The molecule has 0 aliphatic carbocycles. The van der Waals surface area contributed by atoms with Gasteiger partial charge in [0.15, 0.2) is 5.11 Å². The number of carbonyl (C=O) groups is 1. The predicted octanol–water partition coefficient (Wildman–Crippen LogP) is 3.90. The summed E-state index contributed by atoms with van der Waals surface area (Å²) in [6.07, 6.45) is 0. The molecule has 0 fully saturated rings. The fourth-order valence-electron chi connectivity index (χ4n) is 3.52. The molecule has 1 N–H and O–H groups in total. The van der Waals surface area contributed by atoms with Crippen LogP contribution < -0.4 is 15.0 Å². The van der Waals surface area contributed by atoms with Crippen molar-refractivity contribution in [3.8, 4) is 5.75 Å². The Kier molecular flexibility index (Phi) is 7.07. The summed E-state index contributed by atoms with van der Waals surface area (Å²) in [5.74, 6) is 0.241.